The van der Waals surface area contributed by atoms with Gasteiger partial charge in [0.2, 0.25) is 5.91 Å². The molecule has 2 aromatic rings. The van der Waals surface area contributed by atoms with E-state index in [0.29, 0.717) is 25.4 Å². The predicted molar refractivity (Wildman–Crippen MR) is 85.9 cm³/mol. The molecule has 0 saturated carbocycles. The van der Waals surface area contributed by atoms with Crippen LogP contribution in [-0.4, -0.2) is 64.5 Å². The summed E-state index contributed by atoms with van der Waals surface area (Å²) in [6, 6.07) is 5.27. The first-order valence-electron chi connectivity index (χ1n) is 7.80. The molecular weight excluding hydrogens is 310 g/mol. The Morgan fingerprint density at radius 2 is 2.12 bits per heavy atom. The number of aromatic nitrogens is 2. The molecule has 2 aromatic heterocycles. The summed E-state index contributed by atoms with van der Waals surface area (Å²) in [5.74, 6) is -0.0150. The van der Waals surface area contributed by atoms with Crippen molar-refractivity contribution in [1.82, 2.24) is 19.9 Å². The maximum absolute atomic E-state index is 12.6. The van der Waals surface area contributed by atoms with E-state index in [1.807, 2.05) is 11.0 Å². The number of carbonyl (C=O) groups is 2. The van der Waals surface area contributed by atoms with E-state index >= 15 is 0 Å². The Bertz CT molecular complexity index is 716. The summed E-state index contributed by atoms with van der Waals surface area (Å²) >= 11 is 0. The molecule has 24 heavy (non-hydrogen) atoms. The molecule has 0 unspecified atom stereocenters. The van der Waals surface area contributed by atoms with Crippen LogP contribution < -0.4 is 5.73 Å². The van der Waals surface area contributed by atoms with Crippen LogP contribution in [0.1, 0.15) is 16.9 Å². The normalized spacial score (nSPS) is 15.9. The number of amides is 2. The van der Waals surface area contributed by atoms with Crippen LogP contribution in [0.2, 0.25) is 0 Å². The highest BCUT2D eigenvalue weighted by atomic mass is 16.5. The van der Waals surface area contributed by atoms with Gasteiger partial charge in [0, 0.05) is 50.2 Å². The van der Waals surface area contributed by atoms with E-state index in [0.717, 1.165) is 18.5 Å². The zero-order chi connectivity index (χ0) is 16.9. The Hall–Kier alpha value is -2.74. The van der Waals surface area contributed by atoms with Gasteiger partial charge in [0.05, 0.1) is 6.54 Å². The fourth-order valence-corrected chi connectivity index (χ4v) is 2.74. The number of primary amides is 1. The van der Waals surface area contributed by atoms with Crippen molar-refractivity contribution >= 4 is 11.8 Å². The van der Waals surface area contributed by atoms with Crippen molar-refractivity contribution in [1.29, 1.82) is 0 Å². The van der Waals surface area contributed by atoms with Gasteiger partial charge < -0.3 is 15.2 Å². The van der Waals surface area contributed by atoms with Crippen LogP contribution in [0.15, 0.2) is 35.1 Å². The fraction of sp³-hybridized carbons (Fsp3) is 0.375. The molecule has 0 aromatic carbocycles. The van der Waals surface area contributed by atoms with Crippen molar-refractivity contribution in [2.75, 3.05) is 32.7 Å². The van der Waals surface area contributed by atoms with Gasteiger partial charge in [-0.05, 0) is 18.6 Å². The molecule has 1 fully saturated rings. The minimum Gasteiger partial charge on any atom is -0.369 e. The van der Waals surface area contributed by atoms with Crippen molar-refractivity contribution in [3.63, 3.8) is 0 Å². The molecule has 1 saturated heterocycles. The van der Waals surface area contributed by atoms with E-state index in [2.05, 4.69) is 10.1 Å². The highest BCUT2D eigenvalue weighted by Crippen LogP contribution is 2.20. The Morgan fingerprint density at radius 3 is 2.88 bits per heavy atom. The highest BCUT2D eigenvalue weighted by Gasteiger charge is 2.23. The molecule has 8 nitrogen and oxygen atoms in total. The summed E-state index contributed by atoms with van der Waals surface area (Å²) in [5.41, 5.74) is 6.28. The first kappa shape index (κ1) is 16.1. The summed E-state index contributed by atoms with van der Waals surface area (Å²) < 4.78 is 5.26. The van der Waals surface area contributed by atoms with Gasteiger partial charge in [-0.3, -0.25) is 19.5 Å². The van der Waals surface area contributed by atoms with Gasteiger partial charge in [-0.2, -0.15) is 0 Å². The first-order chi connectivity index (χ1) is 11.6. The molecule has 1 aliphatic rings. The molecule has 126 valence electrons. The second-order valence-corrected chi connectivity index (χ2v) is 5.71. The molecule has 0 spiro atoms. The lowest BCUT2D eigenvalue weighted by atomic mass is 10.2. The van der Waals surface area contributed by atoms with Gasteiger partial charge in [0.25, 0.3) is 5.91 Å². The number of pyridine rings is 1. The van der Waals surface area contributed by atoms with E-state index in [1.165, 1.54) is 0 Å². The minimum absolute atomic E-state index is 0.171. The lowest BCUT2D eigenvalue weighted by Crippen LogP contribution is -2.38. The summed E-state index contributed by atoms with van der Waals surface area (Å²) in [7, 11) is 0. The molecule has 2 amide bonds. The molecule has 8 heteroatoms. The summed E-state index contributed by atoms with van der Waals surface area (Å²) in [5, 5.41) is 3.88. The van der Waals surface area contributed by atoms with E-state index in [9.17, 15) is 9.59 Å². The quantitative estimate of drug-likeness (QED) is 0.869. The average molecular weight is 329 g/mol. The lowest BCUT2D eigenvalue weighted by molar-refractivity contribution is -0.119. The smallest absolute Gasteiger partial charge is 0.276 e. The number of hydrogen-bond donors (Lipinski definition) is 1. The molecule has 2 N–H and O–H groups in total. The number of hydrogen-bond acceptors (Lipinski definition) is 6. The summed E-state index contributed by atoms with van der Waals surface area (Å²) in [6.45, 7) is 2.72. The molecule has 0 bridgehead atoms. The summed E-state index contributed by atoms with van der Waals surface area (Å²) in [6.07, 6.45) is 4.11. The van der Waals surface area contributed by atoms with Gasteiger partial charge >= 0.3 is 0 Å². The number of carbonyl (C=O) groups excluding carboxylic acids is 2. The molecule has 1 aliphatic heterocycles. The summed E-state index contributed by atoms with van der Waals surface area (Å²) in [4.78, 5) is 31.3. The van der Waals surface area contributed by atoms with Gasteiger partial charge in [-0.1, -0.05) is 5.16 Å². The molecular formula is C16H19N5O3. The molecule has 0 atom stereocenters. The largest absolute Gasteiger partial charge is 0.369 e. The third-order valence-corrected chi connectivity index (χ3v) is 3.93. The Morgan fingerprint density at radius 1 is 1.25 bits per heavy atom. The van der Waals surface area contributed by atoms with E-state index in [4.69, 9.17) is 10.3 Å². The molecule has 0 radical (unpaired) electrons. The molecule has 3 rings (SSSR count). The molecule has 0 aliphatic carbocycles. The van der Waals surface area contributed by atoms with Crippen LogP contribution in [0.3, 0.4) is 0 Å². The zero-order valence-corrected chi connectivity index (χ0v) is 13.2. The number of rotatable bonds is 4. The Labute approximate surface area is 139 Å². The second-order valence-electron chi connectivity index (χ2n) is 5.71. The van der Waals surface area contributed by atoms with Gasteiger partial charge in [-0.15, -0.1) is 0 Å². The highest BCUT2D eigenvalue weighted by molar-refractivity contribution is 5.93. The van der Waals surface area contributed by atoms with Crippen LogP contribution >= 0.6 is 0 Å². The van der Waals surface area contributed by atoms with E-state index in [1.54, 1.807) is 29.4 Å². The number of nitrogens with two attached hydrogens (primary N) is 1. The van der Waals surface area contributed by atoms with Crippen LogP contribution in [0, 0.1) is 0 Å². The van der Waals surface area contributed by atoms with Crippen LogP contribution in [0.25, 0.3) is 11.3 Å². The van der Waals surface area contributed by atoms with Crippen LogP contribution in [0.5, 0.6) is 0 Å². The van der Waals surface area contributed by atoms with Gasteiger partial charge in [-0.25, -0.2) is 0 Å². The maximum atomic E-state index is 12.6. The van der Waals surface area contributed by atoms with E-state index in [-0.39, 0.29) is 24.1 Å². The standard InChI is InChI=1S/C16H19N5O3/c17-15(22)11-20-5-2-6-21(8-7-20)16(23)13-9-14(24-19-13)12-3-1-4-18-10-12/h1,3-4,9-10H,2,5-8,11H2,(H2,17,22). The van der Waals surface area contributed by atoms with Crippen molar-refractivity contribution in [3.05, 3.63) is 36.3 Å². The second kappa shape index (κ2) is 7.22. The van der Waals surface area contributed by atoms with Crippen LogP contribution in [-0.2, 0) is 4.79 Å². The monoisotopic (exact) mass is 329 g/mol. The lowest BCUT2D eigenvalue weighted by Gasteiger charge is -2.20. The first-order valence-corrected chi connectivity index (χ1v) is 7.80. The van der Waals surface area contributed by atoms with Crippen molar-refractivity contribution in [3.8, 4) is 11.3 Å². The average Bonchev–Trinajstić information content (AvgIpc) is 2.96. The minimum atomic E-state index is -0.354. The van der Waals surface area contributed by atoms with Crippen molar-refractivity contribution in [2.45, 2.75) is 6.42 Å². The maximum Gasteiger partial charge on any atom is 0.276 e. The van der Waals surface area contributed by atoms with Crippen LogP contribution in [0.4, 0.5) is 0 Å². The Balaban J connectivity index is 1.66. The third-order valence-electron chi connectivity index (χ3n) is 3.93. The topological polar surface area (TPSA) is 106 Å². The van der Waals surface area contributed by atoms with Crippen molar-refractivity contribution in [2.24, 2.45) is 5.73 Å². The fourth-order valence-electron chi connectivity index (χ4n) is 2.74. The number of nitrogens with zero attached hydrogens (tertiary/aromatic N) is 4. The SMILES string of the molecule is NC(=O)CN1CCCN(C(=O)c2cc(-c3cccnc3)on2)CC1. The Kier molecular flexibility index (Phi) is 4.85. The van der Waals surface area contributed by atoms with Crippen molar-refractivity contribution < 1.29 is 14.1 Å². The van der Waals surface area contributed by atoms with Gasteiger partial charge in [0.15, 0.2) is 11.5 Å². The van der Waals surface area contributed by atoms with Gasteiger partial charge in [0.1, 0.15) is 0 Å². The third kappa shape index (κ3) is 3.77. The molecule has 3 heterocycles. The zero-order valence-electron chi connectivity index (χ0n) is 13.2. The predicted octanol–water partition coefficient (Wildman–Crippen LogP) is 0.370. The van der Waals surface area contributed by atoms with E-state index < -0.39 is 0 Å².